The number of rotatable bonds is 9. The Balaban J connectivity index is 1.77. The van der Waals surface area contributed by atoms with Gasteiger partial charge < -0.3 is 14.8 Å². The Morgan fingerprint density at radius 1 is 1.18 bits per heavy atom. The van der Waals surface area contributed by atoms with Gasteiger partial charge in [0.25, 0.3) is 0 Å². The van der Waals surface area contributed by atoms with Crippen molar-refractivity contribution in [2.24, 2.45) is 13.0 Å². The van der Waals surface area contributed by atoms with Crippen LogP contribution in [0.1, 0.15) is 42.4 Å². The standard InChI is InChI=1S/C25H31N3O4S/c1-25(2,3)32-24(30)26-15-18(13-17-9-7-6-8-10-17)14-21(29)23-22(31-5)19(16-33-23)20-11-12-27-28(20)4/h6-12,16,18H,13-15H2,1-5H3,(H,26,30). The summed E-state index contributed by atoms with van der Waals surface area (Å²) in [6.07, 6.45) is 2.16. The van der Waals surface area contributed by atoms with Crippen molar-refractivity contribution >= 4 is 23.2 Å². The van der Waals surface area contributed by atoms with Crippen LogP contribution in [-0.4, -0.2) is 40.9 Å². The van der Waals surface area contributed by atoms with Crippen LogP contribution >= 0.6 is 11.3 Å². The molecule has 1 amide bonds. The molecule has 1 unspecified atom stereocenters. The summed E-state index contributed by atoms with van der Waals surface area (Å²) in [5, 5.41) is 8.96. The van der Waals surface area contributed by atoms with E-state index in [9.17, 15) is 9.59 Å². The molecule has 0 aliphatic heterocycles. The number of ether oxygens (including phenoxy) is 2. The van der Waals surface area contributed by atoms with Crippen LogP contribution in [0.5, 0.6) is 5.75 Å². The Morgan fingerprint density at radius 2 is 1.91 bits per heavy atom. The lowest BCUT2D eigenvalue weighted by Gasteiger charge is -2.22. The molecule has 0 fully saturated rings. The molecule has 3 rings (SSSR count). The topological polar surface area (TPSA) is 82.5 Å². The number of carbonyl (C=O) groups is 2. The first-order valence-electron chi connectivity index (χ1n) is 10.9. The van der Waals surface area contributed by atoms with Gasteiger partial charge in [-0.1, -0.05) is 30.3 Å². The van der Waals surface area contributed by atoms with E-state index in [4.69, 9.17) is 9.47 Å². The third-order valence-electron chi connectivity index (χ3n) is 5.07. The van der Waals surface area contributed by atoms with Crippen LogP contribution in [0.2, 0.25) is 0 Å². The van der Waals surface area contributed by atoms with E-state index in [2.05, 4.69) is 10.4 Å². The summed E-state index contributed by atoms with van der Waals surface area (Å²) in [6.45, 7) is 5.79. The first-order chi connectivity index (χ1) is 15.7. The minimum Gasteiger partial charge on any atom is -0.494 e. The Morgan fingerprint density at radius 3 is 2.52 bits per heavy atom. The fraction of sp³-hybridized carbons (Fsp3) is 0.400. The predicted molar refractivity (Wildman–Crippen MR) is 130 cm³/mol. The number of alkyl carbamates (subject to hydrolysis) is 1. The molecule has 0 saturated carbocycles. The highest BCUT2D eigenvalue weighted by Gasteiger charge is 2.25. The maximum atomic E-state index is 13.3. The Kier molecular flexibility index (Phi) is 7.92. The molecule has 2 heterocycles. The van der Waals surface area contributed by atoms with Crippen LogP contribution < -0.4 is 10.1 Å². The van der Waals surface area contributed by atoms with E-state index in [-0.39, 0.29) is 18.1 Å². The minimum atomic E-state index is -0.582. The van der Waals surface area contributed by atoms with Gasteiger partial charge in [0.2, 0.25) is 0 Å². The molecule has 1 aromatic carbocycles. The average molecular weight is 470 g/mol. The number of carbonyl (C=O) groups excluding carboxylic acids is 2. The van der Waals surface area contributed by atoms with E-state index >= 15 is 0 Å². The molecule has 0 aliphatic rings. The third kappa shape index (κ3) is 6.68. The van der Waals surface area contributed by atoms with Crippen LogP contribution in [0.25, 0.3) is 11.3 Å². The number of methoxy groups -OCH3 is 1. The number of thiophene rings is 1. The summed E-state index contributed by atoms with van der Waals surface area (Å²) in [6, 6.07) is 11.8. The van der Waals surface area contributed by atoms with Crippen molar-refractivity contribution in [1.29, 1.82) is 0 Å². The van der Waals surface area contributed by atoms with Gasteiger partial charge in [0.15, 0.2) is 5.78 Å². The number of nitrogens with one attached hydrogen (secondary N) is 1. The number of Topliss-reactive ketones (excluding diaryl/α,β-unsaturated/α-hetero) is 1. The number of hydrogen-bond donors (Lipinski definition) is 1. The molecule has 0 bridgehead atoms. The molecule has 176 valence electrons. The van der Waals surface area contributed by atoms with Gasteiger partial charge in [-0.15, -0.1) is 11.3 Å². The quantitative estimate of drug-likeness (QED) is 0.440. The number of hydrogen-bond acceptors (Lipinski definition) is 6. The molecule has 8 heteroatoms. The summed E-state index contributed by atoms with van der Waals surface area (Å²) in [5.74, 6) is 0.448. The smallest absolute Gasteiger partial charge is 0.407 e. The summed E-state index contributed by atoms with van der Waals surface area (Å²) in [4.78, 5) is 26.1. The van der Waals surface area contributed by atoms with Crippen molar-refractivity contribution in [2.75, 3.05) is 13.7 Å². The van der Waals surface area contributed by atoms with Gasteiger partial charge in [-0.2, -0.15) is 5.10 Å². The molecule has 0 saturated heterocycles. The van der Waals surface area contributed by atoms with Gasteiger partial charge >= 0.3 is 6.09 Å². The highest BCUT2D eigenvalue weighted by atomic mass is 32.1. The average Bonchev–Trinajstić information content (AvgIpc) is 3.36. The highest BCUT2D eigenvalue weighted by Crippen LogP contribution is 2.39. The molecule has 1 N–H and O–H groups in total. The second-order valence-electron chi connectivity index (χ2n) is 8.92. The second-order valence-corrected chi connectivity index (χ2v) is 9.80. The Bertz CT molecular complexity index is 1080. The van der Waals surface area contributed by atoms with E-state index in [0.29, 0.717) is 23.6 Å². The van der Waals surface area contributed by atoms with E-state index in [1.54, 1.807) is 18.0 Å². The fourth-order valence-electron chi connectivity index (χ4n) is 3.62. The lowest BCUT2D eigenvalue weighted by Crippen LogP contribution is -2.36. The normalized spacial score (nSPS) is 12.3. The van der Waals surface area contributed by atoms with Crippen molar-refractivity contribution in [2.45, 2.75) is 39.2 Å². The van der Waals surface area contributed by atoms with Gasteiger partial charge in [0.05, 0.1) is 18.4 Å². The predicted octanol–water partition coefficient (Wildman–Crippen LogP) is 5.11. The number of aryl methyl sites for hydroxylation is 1. The Labute approximate surface area is 198 Å². The van der Waals surface area contributed by atoms with Crippen molar-refractivity contribution in [3.8, 4) is 17.0 Å². The lowest BCUT2D eigenvalue weighted by molar-refractivity contribution is 0.0516. The molecule has 0 spiro atoms. The van der Waals surface area contributed by atoms with E-state index in [1.165, 1.54) is 11.3 Å². The zero-order valence-corrected chi connectivity index (χ0v) is 20.6. The van der Waals surface area contributed by atoms with Crippen LogP contribution in [0.3, 0.4) is 0 Å². The molecule has 2 aromatic heterocycles. The molecular weight excluding hydrogens is 438 g/mol. The van der Waals surface area contributed by atoms with Crippen molar-refractivity contribution in [1.82, 2.24) is 15.1 Å². The number of aromatic nitrogens is 2. The highest BCUT2D eigenvalue weighted by molar-refractivity contribution is 7.13. The number of nitrogens with zero attached hydrogens (tertiary/aromatic N) is 2. The maximum Gasteiger partial charge on any atom is 0.407 e. The zero-order chi connectivity index (χ0) is 24.0. The molecule has 3 aromatic rings. The zero-order valence-electron chi connectivity index (χ0n) is 19.8. The first kappa shape index (κ1) is 24.5. The van der Waals surface area contributed by atoms with E-state index in [1.807, 2.05) is 69.6 Å². The van der Waals surface area contributed by atoms with Crippen LogP contribution in [0.15, 0.2) is 48.0 Å². The SMILES string of the molecule is COc1c(-c2ccnn2C)csc1C(=O)CC(CNC(=O)OC(C)(C)C)Cc1ccccc1. The molecule has 0 aliphatic carbocycles. The Hall–Kier alpha value is -3.13. The molecule has 1 atom stereocenters. The van der Waals surface area contributed by atoms with Crippen molar-refractivity contribution in [3.63, 3.8) is 0 Å². The number of amides is 1. The van der Waals surface area contributed by atoms with Crippen LogP contribution in [0, 0.1) is 5.92 Å². The van der Waals surface area contributed by atoms with Gasteiger partial charge in [-0.3, -0.25) is 9.48 Å². The number of ketones is 1. The summed E-state index contributed by atoms with van der Waals surface area (Å²) >= 11 is 1.37. The fourth-order valence-corrected chi connectivity index (χ4v) is 4.60. The minimum absolute atomic E-state index is 0.0165. The van der Waals surface area contributed by atoms with Crippen LogP contribution in [0.4, 0.5) is 4.79 Å². The lowest BCUT2D eigenvalue weighted by atomic mass is 9.93. The van der Waals surface area contributed by atoms with Crippen LogP contribution in [-0.2, 0) is 18.2 Å². The van der Waals surface area contributed by atoms with Gasteiger partial charge in [0.1, 0.15) is 16.2 Å². The summed E-state index contributed by atoms with van der Waals surface area (Å²) in [7, 11) is 3.43. The van der Waals surface area contributed by atoms with Gasteiger partial charge in [-0.25, -0.2) is 4.79 Å². The van der Waals surface area contributed by atoms with Crippen molar-refractivity contribution in [3.05, 3.63) is 58.4 Å². The van der Waals surface area contributed by atoms with Gasteiger partial charge in [-0.05, 0) is 44.7 Å². The molecular formula is C25H31N3O4S. The van der Waals surface area contributed by atoms with Gasteiger partial charge in [0, 0.05) is 31.6 Å². The largest absolute Gasteiger partial charge is 0.494 e. The second kappa shape index (κ2) is 10.7. The van der Waals surface area contributed by atoms with E-state index in [0.717, 1.165) is 16.8 Å². The maximum absolute atomic E-state index is 13.3. The molecule has 33 heavy (non-hydrogen) atoms. The molecule has 7 nitrogen and oxygen atoms in total. The molecule has 0 radical (unpaired) electrons. The summed E-state index contributed by atoms with van der Waals surface area (Å²) in [5.41, 5.74) is 2.25. The summed E-state index contributed by atoms with van der Waals surface area (Å²) < 4.78 is 12.7. The van der Waals surface area contributed by atoms with E-state index < -0.39 is 11.7 Å². The number of benzene rings is 1. The monoisotopic (exact) mass is 469 g/mol. The van der Waals surface area contributed by atoms with Crippen molar-refractivity contribution < 1.29 is 19.1 Å². The third-order valence-corrected chi connectivity index (χ3v) is 6.08. The first-order valence-corrected chi connectivity index (χ1v) is 11.7.